The highest BCUT2D eigenvalue weighted by atomic mass is 32.2. The molecule has 3 N–H and O–H groups in total. The number of amides is 1. The van der Waals surface area contributed by atoms with Crippen LogP contribution < -0.4 is 24.8 Å². The Morgan fingerprint density at radius 3 is 2.52 bits per heavy atom. The number of rotatable bonds is 11. The van der Waals surface area contributed by atoms with Gasteiger partial charge in [-0.15, -0.1) is 0 Å². The van der Waals surface area contributed by atoms with Crippen molar-refractivity contribution in [3.05, 3.63) is 70.7 Å². The van der Waals surface area contributed by atoms with Crippen LogP contribution in [-0.2, 0) is 22.6 Å². The van der Waals surface area contributed by atoms with E-state index in [1.165, 1.54) is 7.11 Å². The Hall–Kier alpha value is -4.02. The Kier molecular flexibility index (Phi) is 10.8. The quantitative estimate of drug-likeness (QED) is 0.266. The van der Waals surface area contributed by atoms with Crippen LogP contribution in [0.3, 0.4) is 0 Å². The van der Waals surface area contributed by atoms with Crippen LogP contribution in [0, 0.1) is 5.82 Å². The molecule has 4 rings (SSSR count). The van der Waals surface area contributed by atoms with Gasteiger partial charge in [-0.2, -0.15) is 18.2 Å². The molecule has 2 aromatic carbocycles. The molecular weight excluding hydrogens is 608 g/mol. The van der Waals surface area contributed by atoms with Crippen LogP contribution in [0.15, 0.2) is 42.6 Å². The van der Waals surface area contributed by atoms with E-state index in [4.69, 9.17) is 9.47 Å². The number of methoxy groups -OCH3 is 1. The smallest absolute Gasteiger partial charge is 0.423 e. The first-order valence-electron chi connectivity index (χ1n) is 12.9. The number of hydrogen-bond acceptors (Lipinski definition) is 9. The summed E-state index contributed by atoms with van der Waals surface area (Å²) in [6.07, 6.45) is -4.45. The van der Waals surface area contributed by atoms with Gasteiger partial charge in [0.15, 0.2) is 0 Å². The number of benzene rings is 2. The fourth-order valence-electron chi connectivity index (χ4n) is 4.49. The molecule has 0 fully saturated rings. The summed E-state index contributed by atoms with van der Waals surface area (Å²) in [7, 11) is 1.12. The number of nitrogens with zero attached hydrogens (tertiary/aromatic N) is 3. The standard InChI is InChI=1S/C27H30F4N6O5S.CH4/c1-37(2)10-9-32-24(38)17-12-21(41-3)20(13-19(17)28)34-26-33-14-18(27(29,30)31)25(35-26)42-22-11-15-7-5-6-8-16(15)23(22)36-43(4,39)40;/h5-8,12-14,22-23,36H,9-11H2,1-4H3,(H,32,38)(H,33,34,35);1H4/t22-,23-;/m1./s1. The van der Waals surface area contributed by atoms with E-state index in [-0.39, 0.29) is 37.4 Å². The van der Waals surface area contributed by atoms with Gasteiger partial charge in [0.1, 0.15) is 23.2 Å². The number of halogens is 4. The first kappa shape index (κ1) is 34.5. The fraction of sp³-hybridized carbons (Fsp3) is 0.393. The van der Waals surface area contributed by atoms with Gasteiger partial charge in [0.2, 0.25) is 21.9 Å². The Morgan fingerprint density at radius 1 is 1.18 bits per heavy atom. The van der Waals surface area contributed by atoms with Gasteiger partial charge in [-0.25, -0.2) is 22.5 Å². The van der Waals surface area contributed by atoms with E-state index in [1.54, 1.807) is 24.3 Å². The first-order valence-corrected chi connectivity index (χ1v) is 14.8. The number of anilines is 2. The summed E-state index contributed by atoms with van der Waals surface area (Å²) in [5.41, 5.74) is -0.412. The van der Waals surface area contributed by atoms with Gasteiger partial charge in [-0.3, -0.25) is 4.79 Å². The van der Waals surface area contributed by atoms with E-state index in [9.17, 15) is 30.8 Å². The number of carbonyl (C=O) groups is 1. The number of sulfonamides is 1. The minimum Gasteiger partial charge on any atom is -0.495 e. The molecule has 0 aliphatic heterocycles. The molecule has 2 atom stereocenters. The van der Waals surface area contributed by atoms with Crippen molar-refractivity contribution in [2.75, 3.05) is 45.9 Å². The molecule has 0 radical (unpaired) electrons. The van der Waals surface area contributed by atoms with Gasteiger partial charge < -0.3 is 25.0 Å². The van der Waals surface area contributed by atoms with Crippen LogP contribution in [0.4, 0.5) is 29.2 Å². The van der Waals surface area contributed by atoms with Crippen molar-refractivity contribution in [2.45, 2.75) is 32.2 Å². The maximum atomic E-state index is 14.9. The van der Waals surface area contributed by atoms with Crippen molar-refractivity contribution in [3.8, 4) is 11.6 Å². The normalized spacial score (nSPS) is 16.2. The van der Waals surface area contributed by atoms with E-state index in [0.717, 1.165) is 18.4 Å². The molecule has 1 heterocycles. The number of likely N-dealkylation sites (N-methyl/N-ethyl adjacent to an activating group) is 1. The second kappa shape index (κ2) is 13.7. The molecule has 0 spiro atoms. The Bertz CT molecular complexity index is 1600. The lowest BCUT2D eigenvalue weighted by Crippen LogP contribution is -2.36. The molecule has 44 heavy (non-hydrogen) atoms. The van der Waals surface area contributed by atoms with Gasteiger partial charge in [0.25, 0.3) is 5.91 Å². The first-order chi connectivity index (χ1) is 20.2. The van der Waals surface area contributed by atoms with Crippen LogP contribution in [0.2, 0.25) is 0 Å². The number of fused-ring (bicyclic) bond motifs is 1. The molecule has 0 unspecified atom stereocenters. The summed E-state index contributed by atoms with van der Waals surface area (Å²) < 4.78 is 94.3. The SMILES string of the molecule is C.COc1cc(C(=O)NCCN(C)C)c(F)cc1Nc1ncc(C(F)(F)F)c(O[C@@H]2Cc3ccccc3[C@H]2NS(C)(=O)=O)n1. The van der Waals surface area contributed by atoms with Crippen LogP contribution in [0.5, 0.6) is 11.6 Å². The largest absolute Gasteiger partial charge is 0.495 e. The van der Waals surface area contributed by atoms with Gasteiger partial charge in [0, 0.05) is 31.8 Å². The van der Waals surface area contributed by atoms with Crippen LogP contribution in [0.1, 0.15) is 40.5 Å². The molecule has 1 amide bonds. The molecule has 0 saturated carbocycles. The summed E-state index contributed by atoms with van der Waals surface area (Å²) in [6, 6.07) is 7.87. The van der Waals surface area contributed by atoms with Crippen molar-refractivity contribution in [3.63, 3.8) is 0 Å². The summed E-state index contributed by atoms with van der Waals surface area (Å²) in [4.78, 5) is 21.9. The molecule has 0 saturated heterocycles. The van der Waals surface area contributed by atoms with Crippen molar-refractivity contribution in [1.82, 2.24) is 24.9 Å². The summed E-state index contributed by atoms with van der Waals surface area (Å²) >= 11 is 0. The topological polar surface area (TPSA) is 135 Å². The summed E-state index contributed by atoms with van der Waals surface area (Å²) in [6.45, 7) is 0.792. The maximum Gasteiger partial charge on any atom is 0.423 e. The average molecular weight is 643 g/mol. The van der Waals surface area contributed by atoms with Crippen LogP contribution in [0.25, 0.3) is 0 Å². The van der Waals surface area contributed by atoms with Gasteiger partial charge in [0.05, 0.1) is 30.7 Å². The van der Waals surface area contributed by atoms with E-state index < -0.39 is 57.5 Å². The van der Waals surface area contributed by atoms with Gasteiger partial charge >= 0.3 is 6.18 Å². The highest BCUT2D eigenvalue weighted by Gasteiger charge is 2.41. The Labute approximate surface area is 253 Å². The van der Waals surface area contributed by atoms with E-state index in [0.29, 0.717) is 23.9 Å². The highest BCUT2D eigenvalue weighted by Crippen LogP contribution is 2.40. The zero-order valence-electron chi connectivity index (χ0n) is 23.6. The van der Waals surface area contributed by atoms with Gasteiger partial charge in [-0.05, 0) is 31.3 Å². The van der Waals surface area contributed by atoms with Gasteiger partial charge in [-0.1, -0.05) is 31.7 Å². The molecule has 16 heteroatoms. The van der Waals surface area contributed by atoms with Crippen molar-refractivity contribution >= 4 is 27.6 Å². The molecule has 0 bridgehead atoms. The molecule has 240 valence electrons. The van der Waals surface area contributed by atoms with Crippen LogP contribution in [-0.4, -0.2) is 75.8 Å². The van der Waals surface area contributed by atoms with Crippen molar-refractivity contribution in [1.29, 1.82) is 0 Å². The lowest BCUT2D eigenvalue weighted by Gasteiger charge is -2.23. The molecule has 1 aromatic heterocycles. The number of alkyl halides is 3. The zero-order chi connectivity index (χ0) is 31.5. The third kappa shape index (κ3) is 8.33. The third-order valence-corrected chi connectivity index (χ3v) is 7.15. The lowest BCUT2D eigenvalue weighted by molar-refractivity contribution is -0.140. The molecule has 11 nitrogen and oxygen atoms in total. The van der Waals surface area contributed by atoms with Crippen molar-refractivity contribution < 1.29 is 40.2 Å². The molecule has 1 aliphatic carbocycles. The van der Waals surface area contributed by atoms with Crippen LogP contribution >= 0.6 is 0 Å². The zero-order valence-corrected chi connectivity index (χ0v) is 24.4. The highest BCUT2D eigenvalue weighted by molar-refractivity contribution is 7.88. The second-order valence-corrected chi connectivity index (χ2v) is 11.8. The van der Waals surface area contributed by atoms with E-state index >= 15 is 0 Å². The van der Waals surface area contributed by atoms with E-state index in [1.807, 2.05) is 19.0 Å². The third-order valence-electron chi connectivity index (χ3n) is 6.47. The Balaban J connectivity index is 0.00000529. The molecule has 3 aromatic rings. The fourth-order valence-corrected chi connectivity index (χ4v) is 5.23. The summed E-state index contributed by atoms with van der Waals surface area (Å²) in [5.74, 6) is -2.87. The summed E-state index contributed by atoms with van der Waals surface area (Å²) in [5, 5.41) is 5.21. The minimum absolute atomic E-state index is 0. The lowest BCUT2D eigenvalue weighted by atomic mass is 10.1. The maximum absolute atomic E-state index is 14.9. The van der Waals surface area contributed by atoms with Crippen molar-refractivity contribution in [2.24, 2.45) is 0 Å². The minimum atomic E-state index is -4.91. The Morgan fingerprint density at radius 2 is 1.89 bits per heavy atom. The van der Waals surface area contributed by atoms with E-state index in [2.05, 4.69) is 25.3 Å². The second-order valence-electron chi connectivity index (χ2n) is 10.1. The monoisotopic (exact) mass is 642 g/mol. The number of nitrogens with one attached hydrogen (secondary N) is 3. The number of hydrogen-bond donors (Lipinski definition) is 3. The molecular formula is C28H34F4N6O5S. The molecule has 1 aliphatic rings. The number of aromatic nitrogens is 2. The predicted molar refractivity (Wildman–Crippen MR) is 156 cm³/mol. The number of carbonyl (C=O) groups excluding carboxylic acids is 1. The predicted octanol–water partition coefficient (Wildman–Crippen LogP) is 3.91. The average Bonchev–Trinajstić information content (AvgIpc) is 3.23. The number of ether oxygens (including phenoxy) is 2.